The number of rotatable bonds is 6. The van der Waals surface area contributed by atoms with E-state index in [1.165, 1.54) is 0 Å². The van der Waals surface area contributed by atoms with Crippen LogP contribution in [0.1, 0.15) is 35.6 Å². The summed E-state index contributed by atoms with van der Waals surface area (Å²) in [5.74, 6) is 0.305. The van der Waals surface area contributed by atoms with Crippen LogP contribution in [0, 0.1) is 13.8 Å². The third-order valence-corrected chi connectivity index (χ3v) is 6.26. The van der Waals surface area contributed by atoms with Crippen molar-refractivity contribution in [2.75, 3.05) is 6.54 Å². The fourth-order valence-electron chi connectivity index (χ4n) is 3.80. The first kappa shape index (κ1) is 20.3. The van der Waals surface area contributed by atoms with Crippen LogP contribution in [0.4, 0.5) is 0 Å². The zero-order chi connectivity index (χ0) is 21.1. The van der Waals surface area contributed by atoms with Crippen molar-refractivity contribution in [3.05, 3.63) is 58.6 Å². The number of carbonyl (C=O) groups excluding carboxylic acids is 2. The summed E-state index contributed by atoms with van der Waals surface area (Å²) >= 11 is 1.61. The maximum Gasteiger partial charge on any atom is 0.243 e. The normalized spacial score (nSPS) is 16.1. The van der Waals surface area contributed by atoms with Crippen LogP contribution in [0.5, 0.6) is 0 Å². The zero-order valence-corrected chi connectivity index (χ0v) is 17.9. The number of thiazole rings is 1. The van der Waals surface area contributed by atoms with E-state index in [2.05, 4.69) is 27.6 Å². The van der Waals surface area contributed by atoms with Gasteiger partial charge in [-0.1, -0.05) is 23.4 Å². The van der Waals surface area contributed by atoms with Crippen LogP contribution >= 0.6 is 11.3 Å². The van der Waals surface area contributed by atoms with Crippen molar-refractivity contribution >= 4 is 23.2 Å². The number of aromatic nitrogens is 2. The second kappa shape index (κ2) is 8.79. The van der Waals surface area contributed by atoms with E-state index in [9.17, 15) is 9.59 Å². The Labute approximate surface area is 179 Å². The van der Waals surface area contributed by atoms with E-state index in [-0.39, 0.29) is 18.2 Å². The van der Waals surface area contributed by atoms with E-state index in [0.29, 0.717) is 25.3 Å². The van der Waals surface area contributed by atoms with Gasteiger partial charge in [0, 0.05) is 19.2 Å². The molecule has 3 aromatic rings. The summed E-state index contributed by atoms with van der Waals surface area (Å²) in [4.78, 5) is 32.6. The minimum absolute atomic E-state index is 0.105. The Balaban J connectivity index is 1.37. The molecule has 1 aromatic carbocycles. The summed E-state index contributed by atoms with van der Waals surface area (Å²) in [6.07, 6.45) is 1.62. The van der Waals surface area contributed by atoms with E-state index < -0.39 is 6.04 Å². The van der Waals surface area contributed by atoms with E-state index in [1.54, 1.807) is 22.3 Å². The number of likely N-dealkylation sites (tertiary alicyclic amines) is 1. The summed E-state index contributed by atoms with van der Waals surface area (Å²) in [5, 5.41) is 6.82. The molecule has 2 aromatic heterocycles. The maximum absolute atomic E-state index is 12.8. The fraction of sp³-hybridized carbons (Fsp3) is 0.364. The molecule has 0 aliphatic carbocycles. The number of aryl methyl sites for hydroxylation is 2. The van der Waals surface area contributed by atoms with Crippen LogP contribution in [0.3, 0.4) is 0 Å². The van der Waals surface area contributed by atoms with Gasteiger partial charge >= 0.3 is 0 Å². The molecular weight excluding hydrogens is 400 g/mol. The van der Waals surface area contributed by atoms with Gasteiger partial charge in [-0.25, -0.2) is 4.98 Å². The quantitative estimate of drug-likeness (QED) is 0.656. The van der Waals surface area contributed by atoms with Crippen molar-refractivity contribution in [3.63, 3.8) is 0 Å². The van der Waals surface area contributed by atoms with Crippen molar-refractivity contribution in [2.45, 2.75) is 45.7 Å². The second-order valence-corrected chi connectivity index (χ2v) is 8.40. The van der Waals surface area contributed by atoms with Gasteiger partial charge in [0.1, 0.15) is 11.8 Å². The van der Waals surface area contributed by atoms with Crippen molar-refractivity contribution in [3.8, 4) is 10.4 Å². The van der Waals surface area contributed by atoms with Crippen molar-refractivity contribution in [1.82, 2.24) is 20.4 Å². The topological polar surface area (TPSA) is 88.3 Å². The number of hydrogen-bond acceptors (Lipinski definition) is 6. The Morgan fingerprint density at radius 2 is 2.17 bits per heavy atom. The van der Waals surface area contributed by atoms with Gasteiger partial charge in [-0.3, -0.25) is 9.59 Å². The third kappa shape index (κ3) is 4.43. The lowest BCUT2D eigenvalue weighted by Gasteiger charge is -2.23. The Morgan fingerprint density at radius 3 is 2.90 bits per heavy atom. The highest BCUT2D eigenvalue weighted by Crippen LogP contribution is 2.27. The minimum Gasteiger partial charge on any atom is -0.361 e. The van der Waals surface area contributed by atoms with Gasteiger partial charge in [-0.05, 0) is 43.9 Å². The van der Waals surface area contributed by atoms with Gasteiger partial charge in [0.2, 0.25) is 11.8 Å². The molecule has 0 radical (unpaired) electrons. The van der Waals surface area contributed by atoms with Crippen LogP contribution in [0.25, 0.3) is 10.4 Å². The van der Waals surface area contributed by atoms with Gasteiger partial charge in [-0.15, -0.1) is 11.3 Å². The van der Waals surface area contributed by atoms with Gasteiger partial charge in [0.15, 0.2) is 0 Å². The number of nitrogens with zero attached hydrogens (tertiary/aromatic N) is 3. The Morgan fingerprint density at radius 1 is 1.30 bits per heavy atom. The van der Waals surface area contributed by atoms with Gasteiger partial charge in [0.25, 0.3) is 0 Å². The maximum atomic E-state index is 12.8. The zero-order valence-electron chi connectivity index (χ0n) is 17.1. The molecule has 0 saturated carbocycles. The first-order chi connectivity index (χ1) is 14.5. The Bertz CT molecular complexity index is 1060. The molecule has 1 aliphatic rings. The lowest BCUT2D eigenvalue weighted by atomic mass is 10.1. The Kier molecular flexibility index (Phi) is 5.94. The third-order valence-electron chi connectivity index (χ3n) is 5.28. The summed E-state index contributed by atoms with van der Waals surface area (Å²) in [6, 6.07) is 9.42. The predicted octanol–water partition coefficient (Wildman–Crippen LogP) is 3.26. The van der Waals surface area contributed by atoms with Crippen LogP contribution in [-0.4, -0.2) is 39.4 Å². The van der Waals surface area contributed by atoms with Crippen molar-refractivity contribution < 1.29 is 14.1 Å². The lowest BCUT2D eigenvalue weighted by Crippen LogP contribution is -2.46. The highest BCUT2D eigenvalue weighted by atomic mass is 32.1. The number of amides is 2. The summed E-state index contributed by atoms with van der Waals surface area (Å²) in [7, 11) is 0. The van der Waals surface area contributed by atoms with E-state index in [0.717, 1.165) is 33.8 Å². The smallest absolute Gasteiger partial charge is 0.243 e. The van der Waals surface area contributed by atoms with Gasteiger partial charge < -0.3 is 14.7 Å². The molecule has 156 valence electrons. The molecule has 1 aliphatic heterocycles. The summed E-state index contributed by atoms with van der Waals surface area (Å²) in [5.41, 5.74) is 5.70. The number of benzene rings is 1. The molecule has 0 spiro atoms. The molecular formula is C22H24N4O3S. The number of hydrogen-bond donors (Lipinski definition) is 1. The van der Waals surface area contributed by atoms with E-state index >= 15 is 0 Å². The first-order valence-corrected chi connectivity index (χ1v) is 10.9. The molecule has 1 atom stereocenters. The SMILES string of the molecule is Cc1cc(CC(=O)N2CCCC2C(=O)NCc2cccc(-c3scnc3C)c2)on1. The van der Waals surface area contributed by atoms with Crippen molar-refractivity contribution in [1.29, 1.82) is 0 Å². The van der Waals surface area contributed by atoms with Crippen LogP contribution in [0.15, 0.2) is 40.4 Å². The van der Waals surface area contributed by atoms with E-state index in [4.69, 9.17) is 4.52 Å². The highest BCUT2D eigenvalue weighted by molar-refractivity contribution is 7.13. The highest BCUT2D eigenvalue weighted by Gasteiger charge is 2.34. The summed E-state index contributed by atoms with van der Waals surface area (Å²) in [6.45, 7) is 4.81. The number of nitrogens with one attached hydrogen (secondary N) is 1. The largest absolute Gasteiger partial charge is 0.361 e. The number of carbonyl (C=O) groups is 2. The standard InChI is InChI=1S/C22H24N4O3S/c1-14-9-18(29-25-14)11-20(27)26-8-4-7-19(26)22(28)23-12-16-5-3-6-17(10-16)21-15(2)24-13-30-21/h3,5-6,9-10,13,19H,4,7-8,11-12H2,1-2H3,(H,23,28). The lowest BCUT2D eigenvalue weighted by molar-refractivity contribution is -0.138. The molecule has 30 heavy (non-hydrogen) atoms. The second-order valence-electron chi connectivity index (χ2n) is 7.54. The Hall–Kier alpha value is -3.00. The van der Waals surface area contributed by atoms with Crippen molar-refractivity contribution in [2.24, 2.45) is 0 Å². The molecule has 1 unspecified atom stereocenters. The van der Waals surface area contributed by atoms with Gasteiger partial charge in [-0.2, -0.15) is 0 Å². The van der Waals surface area contributed by atoms with Gasteiger partial charge in [0.05, 0.1) is 28.2 Å². The molecule has 2 amide bonds. The molecule has 1 saturated heterocycles. The van der Waals surface area contributed by atoms with Crippen LogP contribution in [0.2, 0.25) is 0 Å². The van der Waals surface area contributed by atoms with Crippen LogP contribution in [-0.2, 0) is 22.6 Å². The molecule has 8 heteroatoms. The fourth-order valence-corrected chi connectivity index (χ4v) is 4.60. The monoisotopic (exact) mass is 424 g/mol. The molecule has 4 rings (SSSR count). The average Bonchev–Trinajstić information content (AvgIpc) is 3.47. The molecule has 1 N–H and O–H groups in total. The minimum atomic E-state index is -0.437. The molecule has 7 nitrogen and oxygen atoms in total. The predicted molar refractivity (Wildman–Crippen MR) is 114 cm³/mol. The summed E-state index contributed by atoms with van der Waals surface area (Å²) < 4.78 is 5.14. The molecule has 3 heterocycles. The van der Waals surface area contributed by atoms with Crippen LogP contribution < -0.4 is 5.32 Å². The first-order valence-electron chi connectivity index (χ1n) is 10.00. The molecule has 0 bridgehead atoms. The molecule has 1 fully saturated rings. The van der Waals surface area contributed by atoms with E-state index in [1.807, 2.05) is 31.5 Å². The average molecular weight is 425 g/mol.